The third kappa shape index (κ3) is 6.42. The van der Waals surface area contributed by atoms with Crippen LogP contribution in [0.5, 0.6) is 0 Å². The van der Waals surface area contributed by atoms with Gasteiger partial charge in [0.25, 0.3) is 0 Å². The summed E-state index contributed by atoms with van der Waals surface area (Å²) in [5, 5.41) is 6.69. The highest BCUT2D eigenvalue weighted by atomic mass is 35.5. The van der Waals surface area contributed by atoms with Crippen LogP contribution in [-0.2, 0) is 11.2 Å². The third-order valence-corrected chi connectivity index (χ3v) is 2.68. The summed E-state index contributed by atoms with van der Waals surface area (Å²) in [4.78, 5) is 11.5. The molecule has 0 heterocycles. The second kappa shape index (κ2) is 8.72. The van der Waals surface area contributed by atoms with Crippen molar-refractivity contribution in [2.75, 3.05) is 19.6 Å². The Morgan fingerprint density at radius 3 is 2.94 bits per heavy atom. The Morgan fingerprint density at radius 1 is 1.39 bits per heavy atom. The van der Waals surface area contributed by atoms with Crippen LogP contribution in [0.4, 0.5) is 0 Å². The lowest BCUT2D eigenvalue weighted by Crippen LogP contribution is -2.29. The van der Waals surface area contributed by atoms with Crippen molar-refractivity contribution in [3.8, 4) is 0 Å². The largest absolute Gasteiger partial charge is 0.356 e. The Hall–Kier alpha value is -1.32. The summed E-state index contributed by atoms with van der Waals surface area (Å²) in [6.07, 6.45) is 3.06. The second-order valence-corrected chi connectivity index (χ2v) is 4.41. The van der Waals surface area contributed by atoms with E-state index in [0.717, 1.165) is 23.6 Å². The van der Waals surface area contributed by atoms with E-state index in [0.29, 0.717) is 19.5 Å². The summed E-state index contributed by atoms with van der Waals surface area (Å²) in [5.74, 6) is 0.0635. The van der Waals surface area contributed by atoms with Gasteiger partial charge in [-0.3, -0.25) is 4.79 Å². The van der Waals surface area contributed by atoms with Crippen molar-refractivity contribution in [2.24, 2.45) is 0 Å². The van der Waals surface area contributed by atoms with Crippen molar-refractivity contribution in [3.05, 3.63) is 47.5 Å². The molecule has 0 unspecified atom stereocenters. The molecule has 4 heteroatoms. The predicted molar refractivity (Wildman–Crippen MR) is 75.8 cm³/mol. The third-order valence-electron chi connectivity index (χ3n) is 2.44. The van der Waals surface area contributed by atoms with E-state index in [2.05, 4.69) is 17.2 Å². The van der Waals surface area contributed by atoms with Gasteiger partial charge in [0, 0.05) is 31.1 Å². The number of nitrogens with one attached hydrogen (secondary N) is 2. The molecule has 1 amide bonds. The fourth-order valence-electron chi connectivity index (χ4n) is 1.53. The zero-order valence-corrected chi connectivity index (χ0v) is 11.2. The van der Waals surface area contributed by atoms with Gasteiger partial charge in [0.15, 0.2) is 0 Å². The van der Waals surface area contributed by atoms with Crippen molar-refractivity contribution < 1.29 is 4.79 Å². The molecule has 1 rings (SSSR count). The van der Waals surface area contributed by atoms with Gasteiger partial charge in [0.2, 0.25) is 5.91 Å². The maximum Gasteiger partial charge on any atom is 0.221 e. The van der Waals surface area contributed by atoms with E-state index in [-0.39, 0.29) is 5.91 Å². The van der Waals surface area contributed by atoms with E-state index < -0.39 is 0 Å². The number of hydrogen-bond donors (Lipinski definition) is 2. The molecular weight excluding hydrogens is 248 g/mol. The molecule has 0 atom stereocenters. The number of amides is 1. The van der Waals surface area contributed by atoms with Gasteiger partial charge in [0.05, 0.1) is 0 Å². The van der Waals surface area contributed by atoms with E-state index >= 15 is 0 Å². The fraction of sp³-hybridized carbons (Fsp3) is 0.357. The maximum atomic E-state index is 11.5. The molecule has 0 aromatic heterocycles. The summed E-state index contributed by atoms with van der Waals surface area (Å²) in [6.45, 7) is 5.64. The van der Waals surface area contributed by atoms with E-state index in [4.69, 9.17) is 11.6 Å². The normalized spacial score (nSPS) is 10.1. The number of halogens is 1. The highest BCUT2D eigenvalue weighted by molar-refractivity contribution is 6.30. The average Bonchev–Trinajstić information content (AvgIpc) is 2.35. The highest BCUT2D eigenvalue weighted by Crippen LogP contribution is 2.10. The van der Waals surface area contributed by atoms with Gasteiger partial charge in [-0.15, -0.1) is 6.58 Å². The molecule has 3 nitrogen and oxygen atoms in total. The molecule has 0 fully saturated rings. The molecule has 0 radical (unpaired) electrons. The fourth-order valence-corrected chi connectivity index (χ4v) is 1.75. The standard InChI is InChI=1S/C14H19ClN2O/c1-2-8-16-9-7-14(18)17-10-6-12-4-3-5-13(15)11-12/h2-5,11,16H,1,6-10H2,(H,17,18). The van der Waals surface area contributed by atoms with Crippen molar-refractivity contribution in [2.45, 2.75) is 12.8 Å². The molecule has 2 N–H and O–H groups in total. The average molecular weight is 267 g/mol. The van der Waals surface area contributed by atoms with Gasteiger partial charge in [-0.2, -0.15) is 0 Å². The van der Waals surface area contributed by atoms with Crippen molar-refractivity contribution in [1.82, 2.24) is 10.6 Å². The molecule has 0 aliphatic rings. The second-order valence-electron chi connectivity index (χ2n) is 3.97. The van der Waals surface area contributed by atoms with Crippen LogP contribution in [0, 0.1) is 0 Å². The van der Waals surface area contributed by atoms with Crippen LogP contribution < -0.4 is 10.6 Å². The molecular formula is C14H19ClN2O. The van der Waals surface area contributed by atoms with Gasteiger partial charge in [-0.05, 0) is 24.1 Å². The van der Waals surface area contributed by atoms with Crippen molar-refractivity contribution in [3.63, 3.8) is 0 Å². The topological polar surface area (TPSA) is 41.1 Å². The number of rotatable bonds is 8. The SMILES string of the molecule is C=CCNCCC(=O)NCCc1cccc(Cl)c1. The van der Waals surface area contributed by atoms with Gasteiger partial charge in [0.1, 0.15) is 0 Å². The summed E-state index contributed by atoms with van der Waals surface area (Å²) in [7, 11) is 0. The Morgan fingerprint density at radius 2 is 2.22 bits per heavy atom. The van der Waals surface area contributed by atoms with Crippen LogP contribution in [-0.4, -0.2) is 25.5 Å². The molecule has 98 valence electrons. The quantitative estimate of drug-likeness (QED) is 0.559. The Labute approximate surface area is 113 Å². The van der Waals surface area contributed by atoms with E-state index in [1.165, 1.54) is 0 Å². The van der Waals surface area contributed by atoms with Crippen molar-refractivity contribution >= 4 is 17.5 Å². The predicted octanol–water partition coefficient (Wildman–Crippen LogP) is 2.16. The van der Waals surface area contributed by atoms with Crippen LogP contribution in [0.1, 0.15) is 12.0 Å². The lowest BCUT2D eigenvalue weighted by Gasteiger charge is -2.06. The molecule has 0 aliphatic carbocycles. The Kier molecular flexibility index (Phi) is 7.14. The number of carbonyl (C=O) groups is 1. The minimum absolute atomic E-state index is 0.0635. The molecule has 0 bridgehead atoms. The minimum atomic E-state index is 0.0635. The maximum absolute atomic E-state index is 11.5. The summed E-state index contributed by atoms with van der Waals surface area (Å²) in [5.41, 5.74) is 1.13. The summed E-state index contributed by atoms with van der Waals surface area (Å²) >= 11 is 5.88. The van der Waals surface area contributed by atoms with Crippen molar-refractivity contribution in [1.29, 1.82) is 0 Å². The lowest BCUT2D eigenvalue weighted by molar-refractivity contribution is -0.120. The van der Waals surface area contributed by atoms with Crippen LogP contribution in [0.15, 0.2) is 36.9 Å². The first-order valence-electron chi connectivity index (χ1n) is 6.05. The zero-order chi connectivity index (χ0) is 13.2. The van der Waals surface area contributed by atoms with Gasteiger partial charge >= 0.3 is 0 Å². The number of carbonyl (C=O) groups excluding carboxylic acids is 1. The molecule has 0 aliphatic heterocycles. The van der Waals surface area contributed by atoms with E-state index in [9.17, 15) is 4.79 Å². The molecule has 1 aromatic rings. The first-order chi connectivity index (χ1) is 8.72. The van der Waals surface area contributed by atoms with Gasteiger partial charge in [-0.25, -0.2) is 0 Å². The minimum Gasteiger partial charge on any atom is -0.356 e. The number of hydrogen-bond acceptors (Lipinski definition) is 2. The summed E-state index contributed by atoms with van der Waals surface area (Å²) < 4.78 is 0. The molecule has 0 saturated carbocycles. The smallest absolute Gasteiger partial charge is 0.221 e. The number of benzene rings is 1. The Bertz CT molecular complexity index is 393. The molecule has 1 aromatic carbocycles. The Balaban J connectivity index is 2.13. The monoisotopic (exact) mass is 266 g/mol. The lowest BCUT2D eigenvalue weighted by atomic mass is 10.1. The van der Waals surface area contributed by atoms with Gasteiger partial charge in [-0.1, -0.05) is 29.8 Å². The molecule has 18 heavy (non-hydrogen) atoms. The first kappa shape index (κ1) is 14.7. The van der Waals surface area contributed by atoms with Crippen LogP contribution in [0.2, 0.25) is 5.02 Å². The first-order valence-corrected chi connectivity index (χ1v) is 6.43. The van der Waals surface area contributed by atoms with Gasteiger partial charge < -0.3 is 10.6 Å². The van der Waals surface area contributed by atoms with E-state index in [1.54, 1.807) is 6.08 Å². The van der Waals surface area contributed by atoms with Crippen LogP contribution >= 0.6 is 11.6 Å². The molecule has 0 spiro atoms. The van der Waals surface area contributed by atoms with E-state index in [1.807, 2.05) is 24.3 Å². The highest BCUT2D eigenvalue weighted by Gasteiger charge is 2.00. The molecule has 0 saturated heterocycles. The van der Waals surface area contributed by atoms with Crippen LogP contribution in [0.3, 0.4) is 0 Å². The zero-order valence-electron chi connectivity index (χ0n) is 10.4. The summed E-state index contributed by atoms with van der Waals surface area (Å²) in [6, 6.07) is 7.68. The van der Waals surface area contributed by atoms with Crippen LogP contribution in [0.25, 0.3) is 0 Å².